The van der Waals surface area contributed by atoms with Gasteiger partial charge in [0.1, 0.15) is 5.01 Å². The van der Waals surface area contributed by atoms with E-state index in [4.69, 9.17) is 0 Å². The first kappa shape index (κ1) is 12.8. The van der Waals surface area contributed by atoms with Crippen LogP contribution in [0.2, 0.25) is 0 Å². The van der Waals surface area contributed by atoms with Crippen molar-refractivity contribution in [2.45, 2.75) is 52.0 Å². The number of carbonyl (C=O) groups excluding carboxylic acids is 1. The average Bonchev–Trinajstić information content (AvgIpc) is 2.80. The van der Waals surface area contributed by atoms with Crippen molar-refractivity contribution in [2.24, 2.45) is 23.2 Å². The van der Waals surface area contributed by atoms with Gasteiger partial charge in [-0.15, -0.1) is 11.3 Å². The van der Waals surface area contributed by atoms with E-state index in [9.17, 15) is 4.79 Å². The highest BCUT2D eigenvalue weighted by molar-refractivity contribution is 7.11. The summed E-state index contributed by atoms with van der Waals surface area (Å²) in [7, 11) is 0. The van der Waals surface area contributed by atoms with Crippen LogP contribution in [0.3, 0.4) is 0 Å². The first-order chi connectivity index (χ1) is 9.63. The summed E-state index contributed by atoms with van der Waals surface area (Å²) in [5.74, 6) is 2.79. The van der Waals surface area contributed by atoms with Gasteiger partial charge in [-0.05, 0) is 63.2 Å². The first-order valence-electron chi connectivity index (χ1n) is 7.82. The van der Waals surface area contributed by atoms with Crippen LogP contribution in [0.25, 0.3) is 0 Å². The maximum Gasteiger partial charge on any atom is 0.226 e. The molecule has 0 aromatic carbocycles. The summed E-state index contributed by atoms with van der Waals surface area (Å²) in [6.45, 7) is 2.67. The van der Waals surface area contributed by atoms with Gasteiger partial charge in [0.15, 0.2) is 0 Å². The molecule has 20 heavy (non-hydrogen) atoms. The lowest BCUT2D eigenvalue weighted by molar-refractivity contribution is -0.146. The fourth-order valence-corrected chi connectivity index (χ4v) is 5.94. The molecule has 4 bridgehead atoms. The van der Waals surface area contributed by atoms with E-state index < -0.39 is 0 Å². The fraction of sp³-hybridized carbons (Fsp3) is 0.750. The number of hydrogen-bond donors (Lipinski definition) is 1. The lowest BCUT2D eigenvalue weighted by Gasteiger charge is -2.55. The van der Waals surface area contributed by atoms with Crippen LogP contribution in [-0.2, 0) is 11.3 Å². The van der Waals surface area contributed by atoms with Crippen LogP contribution < -0.4 is 5.32 Å². The van der Waals surface area contributed by atoms with Gasteiger partial charge < -0.3 is 5.32 Å². The minimum atomic E-state index is -0.0267. The molecule has 1 aromatic rings. The zero-order chi connectivity index (χ0) is 13.7. The predicted octanol–water partition coefficient (Wildman–Crippen LogP) is 3.28. The molecule has 0 aliphatic heterocycles. The van der Waals surface area contributed by atoms with Gasteiger partial charge in [-0.1, -0.05) is 0 Å². The van der Waals surface area contributed by atoms with Crippen LogP contribution >= 0.6 is 11.3 Å². The van der Waals surface area contributed by atoms with Crippen molar-refractivity contribution in [3.8, 4) is 0 Å². The van der Waals surface area contributed by atoms with Crippen molar-refractivity contribution < 1.29 is 4.79 Å². The Hall–Kier alpha value is -0.900. The third-order valence-electron chi connectivity index (χ3n) is 5.59. The van der Waals surface area contributed by atoms with Gasteiger partial charge in [-0.2, -0.15) is 0 Å². The van der Waals surface area contributed by atoms with E-state index in [-0.39, 0.29) is 5.41 Å². The van der Waals surface area contributed by atoms with Gasteiger partial charge in [0.25, 0.3) is 0 Å². The summed E-state index contributed by atoms with van der Waals surface area (Å²) in [4.78, 5) is 18.3. The quantitative estimate of drug-likeness (QED) is 0.928. The molecule has 0 unspecified atom stereocenters. The third-order valence-corrected chi connectivity index (χ3v) is 6.50. The van der Waals surface area contributed by atoms with E-state index in [1.54, 1.807) is 11.3 Å². The molecule has 108 valence electrons. The van der Waals surface area contributed by atoms with E-state index in [0.717, 1.165) is 42.0 Å². The molecule has 3 nitrogen and oxygen atoms in total. The molecule has 1 heterocycles. The van der Waals surface area contributed by atoms with Crippen molar-refractivity contribution in [1.29, 1.82) is 0 Å². The summed E-state index contributed by atoms with van der Waals surface area (Å²) in [5, 5.41) is 4.21. The smallest absolute Gasteiger partial charge is 0.226 e. The molecule has 1 N–H and O–H groups in total. The SMILES string of the molecule is Cc1cnc(CNC(=O)C23CC4CC(CC(C4)C2)C3)s1. The van der Waals surface area contributed by atoms with E-state index in [1.807, 2.05) is 6.20 Å². The van der Waals surface area contributed by atoms with Crippen LogP contribution in [0.5, 0.6) is 0 Å². The second-order valence-electron chi connectivity index (χ2n) is 7.25. The van der Waals surface area contributed by atoms with Gasteiger partial charge in [-0.3, -0.25) is 4.79 Å². The molecule has 4 aliphatic carbocycles. The summed E-state index contributed by atoms with van der Waals surface area (Å²) < 4.78 is 0. The van der Waals surface area contributed by atoms with E-state index in [0.29, 0.717) is 12.5 Å². The summed E-state index contributed by atoms with van der Waals surface area (Å²) in [6.07, 6.45) is 9.47. The van der Waals surface area contributed by atoms with Gasteiger partial charge in [-0.25, -0.2) is 4.98 Å². The maximum absolute atomic E-state index is 12.7. The Morgan fingerprint density at radius 2 is 1.90 bits per heavy atom. The van der Waals surface area contributed by atoms with Gasteiger partial charge in [0, 0.05) is 16.5 Å². The normalized spacial score (nSPS) is 38.1. The Balaban J connectivity index is 1.45. The zero-order valence-corrected chi connectivity index (χ0v) is 12.8. The number of carbonyl (C=O) groups is 1. The largest absolute Gasteiger partial charge is 0.349 e. The monoisotopic (exact) mass is 290 g/mol. The number of aryl methyl sites for hydroxylation is 1. The van der Waals surface area contributed by atoms with Gasteiger partial charge >= 0.3 is 0 Å². The van der Waals surface area contributed by atoms with E-state index in [2.05, 4.69) is 17.2 Å². The minimum absolute atomic E-state index is 0.0267. The molecule has 5 rings (SSSR count). The van der Waals surface area contributed by atoms with Crippen LogP contribution in [-0.4, -0.2) is 10.9 Å². The van der Waals surface area contributed by atoms with Crippen molar-refractivity contribution in [3.05, 3.63) is 16.1 Å². The summed E-state index contributed by atoms with van der Waals surface area (Å²) in [5.41, 5.74) is -0.0267. The maximum atomic E-state index is 12.7. The second kappa shape index (κ2) is 4.55. The molecule has 0 spiro atoms. The molecule has 1 aromatic heterocycles. The van der Waals surface area contributed by atoms with Crippen molar-refractivity contribution in [2.75, 3.05) is 0 Å². The summed E-state index contributed by atoms with van der Waals surface area (Å²) >= 11 is 1.68. The highest BCUT2D eigenvalue weighted by atomic mass is 32.1. The third kappa shape index (κ3) is 2.09. The predicted molar refractivity (Wildman–Crippen MR) is 79.3 cm³/mol. The average molecular weight is 290 g/mol. The molecular weight excluding hydrogens is 268 g/mol. The Labute approximate surface area is 124 Å². The number of nitrogens with one attached hydrogen (secondary N) is 1. The Kier molecular flexibility index (Phi) is 2.92. The standard InChI is InChI=1S/C16H22N2OS/c1-10-8-17-14(20-10)9-18-15(19)16-5-11-2-12(6-16)4-13(3-11)7-16/h8,11-13H,2-7,9H2,1H3,(H,18,19). The Morgan fingerprint density at radius 3 is 2.40 bits per heavy atom. The number of thiazole rings is 1. The molecule has 0 atom stereocenters. The molecular formula is C16H22N2OS. The lowest BCUT2D eigenvalue weighted by atomic mass is 9.49. The number of amides is 1. The van der Waals surface area contributed by atoms with Crippen molar-refractivity contribution in [3.63, 3.8) is 0 Å². The van der Waals surface area contributed by atoms with Gasteiger partial charge in [0.05, 0.1) is 6.54 Å². The number of hydrogen-bond acceptors (Lipinski definition) is 3. The summed E-state index contributed by atoms with van der Waals surface area (Å²) in [6, 6.07) is 0. The molecule has 4 saturated carbocycles. The van der Waals surface area contributed by atoms with Gasteiger partial charge in [0.2, 0.25) is 5.91 Å². The van der Waals surface area contributed by atoms with Crippen LogP contribution in [0.4, 0.5) is 0 Å². The van der Waals surface area contributed by atoms with Crippen LogP contribution in [0.15, 0.2) is 6.20 Å². The highest BCUT2D eigenvalue weighted by Crippen LogP contribution is 2.60. The minimum Gasteiger partial charge on any atom is -0.349 e. The number of aromatic nitrogens is 1. The number of nitrogens with zero attached hydrogens (tertiary/aromatic N) is 1. The molecule has 0 radical (unpaired) electrons. The molecule has 4 aliphatic rings. The molecule has 4 fully saturated rings. The Morgan fingerprint density at radius 1 is 1.30 bits per heavy atom. The molecule has 1 amide bonds. The fourth-order valence-electron chi connectivity index (χ4n) is 5.22. The first-order valence-corrected chi connectivity index (χ1v) is 8.64. The second-order valence-corrected chi connectivity index (χ2v) is 8.56. The van der Waals surface area contributed by atoms with Crippen LogP contribution in [0, 0.1) is 30.1 Å². The topological polar surface area (TPSA) is 42.0 Å². The van der Waals surface area contributed by atoms with Crippen molar-refractivity contribution >= 4 is 17.2 Å². The zero-order valence-electron chi connectivity index (χ0n) is 12.0. The van der Waals surface area contributed by atoms with E-state index >= 15 is 0 Å². The van der Waals surface area contributed by atoms with Crippen molar-refractivity contribution in [1.82, 2.24) is 10.3 Å². The number of rotatable bonds is 3. The Bertz CT molecular complexity index is 501. The van der Waals surface area contributed by atoms with Crippen LogP contribution in [0.1, 0.15) is 48.4 Å². The van der Waals surface area contributed by atoms with E-state index in [1.165, 1.54) is 24.1 Å². The molecule has 4 heteroatoms. The molecule has 0 saturated heterocycles. The lowest BCUT2D eigenvalue weighted by Crippen LogP contribution is -2.53. The highest BCUT2D eigenvalue weighted by Gasteiger charge is 2.54.